The number of aryl methyl sites for hydroxylation is 1. The van der Waals surface area contributed by atoms with Crippen LogP contribution in [0.5, 0.6) is 0 Å². The molecule has 120 valence electrons. The fraction of sp³-hybridized carbons (Fsp3) is 0.529. The lowest BCUT2D eigenvalue weighted by molar-refractivity contribution is -0.121. The van der Waals surface area contributed by atoms with Gasteiger partial charge in [-0.2, -0.15) is 0 Å². The summed E-state index contributed by atoms with van der Waals surface area (Å²) in [6.07, 6.45) is 2.46. The molecule has 5 heteroatoms. The highest BCUT2D eigenvalue weighted by Gasteiger charge is 2.16. The van der Waals surface area contributed by atoms with E-state index in [1.54, 1.807) is 11.3 Å². The lowest BCUT2D eigenvalue weighted by Crippen LogP contribution is -2.36. The number of rotatable bonds is 8. The van der Waals surface area contributed by atoms with E-state index in [1.807, 2.05) is 24.3 Å². The highest BCUT2D eigenvalue weighted by atomic mass is 32.1. The van der Waals surface area contributed by atoms with E-state index >= 15 is 0 Å². The Hall–Kier alpha value is -1.46. The molecule has 1 aromatic heterocycles. The number of thiazole rings is 1. The fourth-order valence-electron chi connectivity index (χ4n) is 2.55. The molecule has 0 saturated heterocycles. The van der Waals surface area contributed by atoms with Gasteiger partial charge in [0.25, 0.3) is 0 Å². The van der Waals surface area contributed by atoms with Crippen LogP contribution in [0.25, 0.3) is 10.2 Å². The molecule has 1 aromatic carbocycles. The standard InChI is InChI=1S/C17H24N2O2S/c1-3-12(4-2)14(20)11-18-16(21)9-10-17-19-13-7-5-6-8-15(13)22-17/h5-8,12,14,20H,3-4,9-11H2,1-2H3,(H,18,21). The number of aliphatic hydroxyl groups is 1. The summed E-state index contributed by atoms with van der Waals surface area (Å²) in [5.74, 6) is 0.230. The maximum absolute atomic E-state index is 11.9. The first kappa shape index (κ1) is 16.9. The Labute approximate surface area is 135 Å². The zero-order valence-corrected chi connectivity index (χ0v) is 14.0. The molecule has 22 heavy (non-hydrogen) atoms. The van der Waals surface area contributed by atoms with Crippen LogP contribution in [0.2, 0.25) is 0 Å². The number of para-hydroxylation sites is 1. The molecule has 2 N–H and O–H groups in total. The van der Waals surface area contributed by atoms with E-state index in [2.05, 4.69) is 24.1 Å². The summed E-state index contributed by atoms with van der Waals surface area (Å²) in [5, 5.41) is 13.8. The van der Waals surface area contributed by atoms with Crippen molar-refractivity contribution >= 4 is 27.5 Å². The molecule has 0 bridgehead atoms. The van der Waals surface area contributed by atoms with Crippen molar-refractivity contribution in [1.82, 2.24) is 10.3 Å². The maximum atomic E-state index is 11.9. The topological polar surface area (TPSA) is 62.2 Å². The van der Waals surface area contributed by atoms with E-state index in [9.17, 15) is 9.90 Å². The summed E-state index contributed by atoms with van der Waals surface area (Å²) >= 11 is 1.64. The fourth-order valence-corrected chi connectivity index (χ4v) is 3.52. The second-order valence-electron chi connectivity index (χ2n) is 5.52. The predicted molar refractivity (Wildman–Crippen MR) is 91.0 cm³/mol. The van der Waals surface area contributed by atoms with Gasteiger partial charge in [-0.3, -0.25) is 4.79 Å². The first-order chi connectivity index (χ1) is 10.6. The molecule has 0 radical (unpaired) electrons. The molecule has 1 unspecified atom stereocenters. The highest BCUT2D eigenvalue weighted by molar-refractivity contribution is 7.18. The van der Waals surface area contributed by atoms with Crippen molar-refractivity contribution in [2.24, 2.45) is 5.92 Å². The molecule has 0 saturated carbocycles. The van der Waals surface area contributed by atoms with Gasteiger partial charge in [-0.15, -0.1) is 11.3 Å². The van der Waals surface area contributed by atoms with Crippen LogP contribution in [0.1, 0.15) is 38.1 Å². The summed E-state index contributed by atoms with van der Waals surface area (Å²) in [6.45, 7) is 4.46. The molecule has 1 heterocycles. The van der Waals surface area contributed by atoms with Crippen LogP contribution >= 0.6 is 11.3 Å². The number of nitrogens with zero attached hydrogens (tertiary/aromatic N) is 1. The minimum Gasteiger partial charge on any atom is -0.391 e. The molecule has 1 atom stereocenters. The van der Waals surface area contributed by atoms with Crippen LogP contribution in [0.3, 0.4) is 0 Å². The summed E-state index contributed by atoms with van der Waals surface area (Å²) in [4.78, 5) is 16.4. The van der Waals surface area contributed by atoms with Crippen LogP contribution in [0, 0.1) is 5.92 Å². The minimum atomic E-state index is -0.457. The highest BCUT2D eigenvalue weighted by Crippen LogP contribution is 2.22. The molecule has 0 aliphatic rings. The van der Waals surface area contributed by atoms with Gasteiger partial charge < -0.3 is 10.4 Å². The van der Waals surface area contributed by atoms with E-state index in [1.165, 1.54) is 0 Å². The number of amides is 1. The van der Waals surface area contributed by atoms with Crippen molar-refractivity contribution in [1.29, 1.82) is 0 Å². The largest absolute Gasteiger partial charge is 0.391 e. The van der Waals surface area contributed by atoms with E-state index < -0.39 is 6.10 Å². The van der Waals surface area contributed by atoms with Crippen molar-refractivity contribution < 1.29 is 9.90 Å². The average molecular weight is 320 g/mol. The van der Waals surface area contributed by atoms with Gasteiger partial charge in [-0.25, -0.2) is 4.98 Å². The third kappa shape index (κ3) is 4.52. The Morgan fingerprint density at radius 3 is 2.73 bits per heavy atom. The molecule has 4 nitrogen and oxygen atoms in total. The average Bonchev–Trinajstić information content (AvgIpc) is 2.95. The predicted octanol–water partition coefficient (Wildman–Crippen LogP) is 3.14. The van der Waals surface area contributed by atoms with Crippen molar-refractivity contribution in [2.45, 2.75) is 45.6 Å². The molecule has 0 aliphatic carbocycles. The Morgan fingerprint density at radius 1 is 1.32 bits per heavy atom. The first-order valence-electron chi connectivity index (χ1n) is 7.93. The molecular formula is C17H24N2O2S. The monoisotopic (exact) mass is 320 g/mol. The number of carbonyl (C=O) groups excluding carboxylic acids is 1. The number of aliphatic hydroxyl groups excluding tert-OH is 1. The van der Waals surface area contributed by atoms with Crippen LogP contribution < -0.4 is 5.32 Å². The van der Waals surface area contributed by atoms with Crippen LogP contribution in [0.4, 0.5) is 0 Å². The Kier molecular flexibility index (Phi) is 6.34. The van der Waals surface area contributed by atoms with E-state index in [0.29, 0.717) is 19.4 Å². The zero-order valence-electron chi connectivity index (χ0n) is 13.2. The number of fused-ring (bicyclic) bond motifs is 1. The van der Waals surface area contributed by atoms with Crippen molar-refractivity contribution in [3.63, 3.8) is 0 Å². The number of hydrogen-bond acceptors (Lipinski definition) is 4. The zero-order chi connectivity index (χ0) is 15.9. The van der Waals surface area contributed by atoms with Crippen LogP contribution in [-0.2, 0) is 11.2 Å². The minimum absolute atomic E-state index is 0.0238. The number of nitrogens with one attached hydrogen (secondary N) is 1. The van der Waals surface area contributed by atoms with Crippen molar-refractivity contribution in [2.75, 3.05) is 6.54 Å². The second kappa shape index (κ2) is 8.25. The van der Waals surface area contributed by atoms with Gasteiger partial charge in [0.15, 0.2) is 0 Å². The van der Waals surface area contributed by atoms with E-state index in [4.69, 9.17) is 0 Å². The summed E-state index contributed by atoms with van der Waals surface area (Å²) in [7, 11) is 0. The SMILES string of the molecule is CCC(CC)C(O)CNC(=O)CCc1nc2ccccc2s1. The third-order valence-corrected chi connectivity index (χ3v) is 5.10. The van der Waals surface area contributed by atoms with Gasteiger partial charge >= 0.3 is 0 Å². The summed E-state index contributed by atoms with van der Waals surface area (Å²) < 4.78 is 1.15. The number of aromatic nitrogens is 1. The Morgan fingerprint density at radius 2 is 2.05 bits per heavy atom. The smallest absolute Gasteiger partial charge is 0.220 e. The van der Waals surface area contributed by atoms with Gasteiger partial charge in [0.2, 0.25) is 5.91 Å². The maximum Gasteiger partial charge on any atom is 0.220 e. The molecule has 0 spiro atoms. The third-order valence-electron chi connectivity index (χ3n) is 4.01. The lowest BCUT2D eigenvalue weighted by Gasteiger charge is -2.20. The van der Waals surface area contributed by atoms with Gasteiger partial charge in [-0.1, -0.05) is 38.8 Å². The van der Waals surface area contributed by atoms with Crippen molar-refractivity contribution in [3.05, 3.63) is 29.3 Å². The summed E-state index contributed by atoms with van der Waals surface area (Å²) in [6, 6.07) is 8.00. The Bertz CT molecular complexity index is 574. The molecule has 2 aromatic rings. The number of carbonyl (C=O) groups is 1. The number of benzene rings is 1. The molecular weight excluding hydrogens is 296 g/mol. The first-order valence-corrected chi connectivity index (χ1v) is 8.74. The lowest BCUT2D eigenvalue weighted by atomic mass is 9.96. The van der Waals surface area contributed by atoms with Gasteiger partial charge in [0.1, 0.15) is 0 Å². The molecule has 0 aliphatic heterocycles. The van der Waals surface area contributed by atoms with E-state index in [-0.39, 0.29) is 11.8 Å². The molecule has 1 amide bonds. The van der Waals surface area contributed by atoms with Gasteiger partial charge in [0, 0.05) is 19.4 Å². The van der Waals surface area contributed by atoms with Gasteiger partial charge in [0.05, 0.1) is 21.3 Å². The normalized spacial score (nSPS) is 12.7. The summed E-state index contributed by atoms with van der Waals surface area (Å²) in [5.41, 5.74) is 0.993. The number of hydrogen-bond donors (Lipinski definition) is 2. The van der Waals surface area contributed by atoms with Crippen molar-refractivity contribution in [3.8, 4) is 0 Å². The second-order valence-corrected chi connectivity index (χ2v) is 6.64. The van der Waals surface area contributed by atoms with Crippen LogP contribution in [0.15, 0.2) is 24.3 Å². The van der Waals surface area contributed by atoms with Crippen LogP contribution in [-0.4, -0.2) is 28.6 Å². The molecule has 2 rings (SSSR count). The van der Waals surface area contributed by atoms with E-state index in [0.717, 1.165) is 28.1 Å². The quantitative estimate of drug-likeness (QED) is 0.785. The Balaban J connectivity index is 1.78. The molecule has 0 fully saturated rings. The van der Waals surface area contributed by atoms with Gasteiger partial charge in [-0.05, 0) is 18.1 Å².